The van der Waals surface area contributed by atoms with Crippen LogP contribution in [0.5, 0.6) is 0 Å². The lowest BCUT2D eigenvalue weighted by Gasteiger charge is -1.99. The van der Waals surface area contributed by atoms with Crippen molar-refractivity contribution in [1.29, 1.82) is 0 Å². The first kappa shape index (κ1) is 12.9. The minimum Gasteiger partial charge on any atom is -0.469 e. The molecular formula is C14H20N2O2. The van der Waals surface area contributed by atoms with E-state index in [1.165, 1.54) is 0 Å². The summed E-state index contributed by atoms with van der Waals surface area (Å²) in [5, 5.41) is 3.33. The summed E-state index contributed by atoms with van der Waals surface area (Å²) < 4.78 is 11.1. The smallest absolute Gasteiger partial charge is 0.196 e. The Morgan fingerprint density at radius 3 is 2.94 bits per heavy atom. The summed E-state index contributed by atoms with van der Waals surface area (Å²) in [7, 11) is 0. The van der Waals surface area contributed by atoms with Crippen LogP contribution >= 0.6 is 0 Å². The Kier molecular flexibility index (Phi) is 4.59. The second-order valence-corrected chi connectivity index (χ2v) is 4.23. The number of oxazole rings is 1. The van der Waals surface area contributed by atoms with Gasteiger partial charge in [-0.25, -0.2) is 4.98 Å². The van der Waals surface area contributed by atoms with Gasteiger partial charge in [0.1, 0.15) is 5.76 Å². The standard InChI is InChI=1S/C14H20N2O2/c1-3-7-15-8-5-14-16-10-13(18-14)11-6-9-17-12(11)4-2/h6,9-10,15H,3-5,7-8H2,1-2H3. The fourth-order valence-electron chi connectivity index (χ4n) is 1.88. The van der Waals surface area contributed by atoms with Crippen molar-refractivity contribution in [3.05, 3.63) is 30.2 Å². The Labute approximate surface area is 107 Å². The molecule has 0 aromatic carbocycles. The number of nitrogens with one attached hydrogen (secondary N) is 1. The van der Waals surface area contributed by atoms with Gasteiger partial charge in [-0.1, -0.05) is 13.8 Å². The van der Waals surface area contributed by atoms with Crippen molar-refractivity contribution in [2.45, 2.75) is 33.1 Å². The van der Waals surface area contributed by atoms with Gasteiger partial charge in [0.25, 0.3) is 0 Å². The van der Waals surface area contributed by atoms with Crippen molar-refractivity contribution in [3.63, 3.8) is 0 Å². The van der Waals surface area contributed by atoms with Crippen LogP contribution in [0.25, 0.3) is 11.3 Å². The lowest BCUT2D eigenvalue weighted by atomic mass is 10.2. The highest BCUT2D eigenvalue weighted by Crippen LogP contribution is 2.25. The molecule has 2 aromatic heterocycles. The van der Waals surface area contributed by atoms with Crippen molar-refractivity contribution in [2.24, 2.45) is 0 Å². The van der Waals surface area contributed by atoms with Gasteiger partial charge in [0.05, 0.1) is 18.0 Å². The van der Waals surface area contributed by atoms with Gasteiger partial charge < -0.3 is 14.2 Å². The molecule has 0 aliphatic rings. The Bertz CT molecular complexity index is 474. The molecule has 0 amide bonds. The van der Waals surface area contributed by atoms with Crippen LogP contribution in [-0.2, 0) is 12.8 Å². The molecule has 0 fully saturated rings. The second-order valence-electron chi connectivity index (χ2n) is 4.23. The molecule has 0 unspecified atom stereocenters. The van der Waals surface area contributed by atoms with E-state index in [9.17, 15) is 0 Å². The van der Waals surface area contributed by atoms with Crippen molar-refractivity contribution in [1.82, 2.24) is 10.3 Å². The molecule has 0 saturated carbocycles. The average Bonchev–Trinajstić information content (AvgIpc) is 3.02. The predicted octanol–water partition coefficient (Wildman–Crippen LogP) is 3.04. The number of hydrogen-bond acceptors (Lipinski definition) is 4. The molecule has 2 aromatic rings. The molecule has 18 heavy (non-hydrogen) atoms. The zero-order valence-electron chi connectivity index (χ0n) is 11.0. The number of aryl methyl sites for hydroxylation is 1. The van der Waals surface area contributed by atoms with Crippen molar-refractivity contribution in [2.75, 3.05) is 13.1 Å². The van der Waals surface area contributed by atoms with Crippen molar-refractivity contribution >= 4 is 0 Å². The topological polar surface area (TPSA) is 51.2 Å². The van der Waals surface area contributed by atoms with Crippen LogP contribution in [0.4, 0.5) is 0 Å². The van der Waals surface area contributed by atoms with Crippen LogP contribution in [0.1, 0.15) is 31.9 Å². The maximum Gasteiger partial charge on any atom is 0.196 e. The molecule has 4 heteroatoms. The van der Waals surface area contributed by atoms with E-state index < -0.39 is 0 Å². The number of rotatable bonds is 7. The summed E-state index contributed by atoms with van der Waals surface area (Å²) in [6.07, 6.45) is 6.29. The monoisotopic (exact) mass is 248 g/mol. The fraction of sp³-hybridized carbons (Fsp3) is 0.500. The maximum atomic E-state index is 5.74. The minimum absolute atomic E-state index is 0.775. The zero-order chi connectivity index (χ0) is 12.8. The Morgan fingerprint density at radius 1 is 1.28 bits per heavy atom. The number of hydrogen-bond donors (Lipinski definition) is 1. The van der Waals surface area contributed by atoms with E-state index in [1.807, 2.05) is 6.07 Å². The lowest BCUT2D eigenvalue weighted by molar-refractivity contribution is 0.489. The number of nitrogens with zero attached hydrogens (tertiary/aromatic N) is 1. The molecule has 2 rings (SSSR count). The normalized spacial score (nSPS) is 11.0. The van der Waals surface area contributed by atoms with E-state index in [2.05, 4.69) is 24.1 Å². The summed E-state index contributed by atoms with van der Waals surface area (Å²) in [5.74, 6) is 2.52. The first-order valence-electron chi connectivity index (χ1n) is 6.57. The van der Waals surface area contributed by atoms with E-state index in [-0.39, 0.29) is 0 Å². The highest BCUT2D eigenvalue weighted by Gasteiger charge is 2.12. The lowest BCUT2D eigenvalue weighted by Crippen LogP contribution is -2.17. The average molecular weight is 248 g/mol. The van der Waals surface area contributed by atoms with Gasteiger partial charge in [0.2, 0.25) is 0 Å². The Hall–Kier alpha value is -1.55. The molecule has 1 N–H and O–H groups in total. The van der Waals surface area contributed by atoms with Gasteiger partial charge in [-0.15, -0.1) is 0 Å². The molecule has 4 nitrogen and oxygen atoms in total. The quantitative estimate of drug-likeness (QED) is 0.765. The largest absolute Gasteiger partial charge is 0.469 e. The van der Waals surface area contributed by atoms with Gasteiger partial charge in [-0.2, -0.15) is 0 Å². The summed E-state index contributed by atoms with van der Waals surface area (Å²) in [5.41, 5.74) is 1.01. The van der Waals surface area contributed by atoms with Gasteiger partial charge in [-0.3, -0.25) is 0 Å². The van der Waals surface area contributed by atoms with Gasteiger partial charge in [0, 0.05) is 19.4 Å². The number of aromatic nitrogens is 1. The predicted molar refractivity (Wildman–Crippen MR) is 70.4 cm³/mol. The summed E-state index contributed by atoms with van der Waals surface area (Å²) in [4.78, 5) is 4.30. The van der Waals surface area contributed by atoms with Crippen LogP contribution in [0.3, 0.4) is 0 Å². The van der Waals surface area contributed by atoms with E-state index >= 15 is 0 Å². The fourth-order valence-corrected chi connectivity index (χ4v) is 1.88. The minimum atomic E-state index is 0.775. The van der Waals surface area contributed by atoms with Gasteiger partial charge >= 0.3 is 0 Å². The van der Waals surface area contributed by atoms with E-state index in [4.69, 9.17) is 8.83 Å². The van der Waals surface area contributed by atoms with Crippen LogP contribution in [0, 0.1) is 0 Å². The van der Waals surface area contributed by atoms with Crippen LogP contribution < -0.4 is 5.32 Å². The summed E-state index contributed by atoms with van der Waals surface area (Å²) in [6, 6.07) is 1.93. The first-order chi connectivity index (χ1) is 8.85. The number of furan rings is 1. The third-order valence-electron chi connectivity index (χ3n) is 2.83. The van der Waals surface area contributed by atoms with Gasteiger partial charge in [0.15, 0.2) is 11.7 Å². The molecule has 0 saturated heterocycles. The Morgan fingerprint density at radius 2 is 2.17 bits per heavy atom. The van der Waals surface area contributed by atoms with E-state index in [0.717, 1.165) is 55.3 Å². The molecule has 0 radical (unpaired) electrons. The van der Waals surface area contributed by atoms with E-state index in [0.29, 0.717) is 0 Å². The Balaban J connectivity index is 1.97. The SMILES string of the molecule is CCCNCCc1ncc(-c2ccoc2CC)o1. The molecule has 0 aliphatic heterocycles. The second kappa shape index (κ2) is 6.40. The van der Waals surface area contributed by atoms with Crippen molar-refractivity contribution < 1.29 is 8.83 Å². The van der Waals surface area contributed by atoms with Crippen LogP contribution in [0.2, 0.25) is 0 Å². The maximum absolute atomic E-state index is 5.74. The zero-order valence-corrected chi connectivity index (χ0v) is 11.0. The van der Waals surface area contributed by atoms with Gasteiger partial charge in [-0.05, 0) is 19.0 Å². The summed E-state index contributed by atoms with van der Waals surface area (Å²) >= 11 is 0. The first-order valence-corrected chi connectivity index (χ1v) is 6.57. The highest BCUT2D eigenvalue weighted by atomic mass is 16.4. The van der Waals surface area contributed by atoms with Crippen molar-refractivity contribution in [3.8, 4) is 11.3 Å². The molecular weight excluding hydrogens is 228 g/mol. The third kappa shape index (κ3) is 3.01. The molecule has 0 bridgehead atoms. The van der Waals surface area contributed by atoms with Crippen LogP contribution in [-0.4, -0.2) is 18.1 Å². The molecule has 0 aliphatic carbocycles. The molecule has 98 valence electrons. The van der Waals surface area contributed by atoms with Crippen LogP contribution in [0.15, 0.2) is 27.4 Å². The highest BCUT2D eigenvalue weighted by molar-refractivity contribution is 5.58. The molecule has 2 heterocycles. The molecule has 0 spiro atoms. The van der Waals surface area contributed by atoms with E-state index in [1.54, 1.807) is 12.5 Å². The molecule has 0 atom stereocenters. The third-order valence-corrected chi connectivity index (χ3v) is 2.83. The summed E-state index contributed by atoms with van der Waals surface area (Å²) in [6.45, 7) is 6.16.